The van der Waals surface area contributed by atoms with E-state index in [9.17, 15) is 9.59 Å². The van der Waals surface area contributed by atoms with E-state index in [0.717, 1.165) is 44.4 Å². The van der Waals surface area contributed by atoms with Gasteiger partial charge >= 0.3 is 11.9 Å². The number of ether oxygens (including phenoxy) is 4. The minimum absolute atomic E-state index is 0.0302. The first-order valence-electron chi connectivity index (χ1n) is 19.9. The standard InChI is InChI=1S/C44H60N2O6/c1-5-8-10-11-12-13-14-16-32-50-42-33(4)41(52-44(48)36-22-26-38(27-23-36)49-7-3)31-30-40(42)46-45-37-24-28-39(29-25-37)51-43(47)35-20-18-34(19-21-35)17-15-9-6-2/h22-31,34-35H,5-21,32H2,1-4H3. The van der Waals surface area contributed by atoms with Crippen LogP contribution in [0, 0.1) is 18.8 Å². The summed E-state index contributed by atoms with van der Waals surface area (Å²) in [6.45, 7) is 9.33. The van der Waals surface area contributed by atoms with E-state index >= 15 is 0 Å². The zero-order valence-corrected chi connectivity index (χ0v) is 32.0. The normalized spacial score (nSPS) is 15.8. The van der Waals surface area contributed by atoms with Crippen molar-refractivity contribution in [3.8, 4) is 23.0 Å². The van der Waals surface area contributed by atoms with E-state index in [1.165, 1.54) is 64.2 Å². The van der Waals surface area contributed by atoms with Crippen LogP contribution < -0.4 is 18.9 Å². The molecule has 1 aliphatic carbocycles. The Bertz CT molecular complexity index is 1530. The highest BCUT2D eigenvalue weighted by Crippen LogP contribution is 2.39. The summed E-state index contributed by atoms with van der Waals surface area (Å²) in [5.41, 5.74) is 2.25. The summed E-state index contributed by atoms with van der Waals surface area (Å²) >= 11 is 0. The minimum atomic E-state index is -0.467. The fraction of sp³-hybridized carbons (Fsp3) is 0.545. The van der Waals surface area contributed by atoms with E-state index in [-0.39, 0.29) is 11.9 Å². The number of esters is 2. The van der Waals surface area contributed by atoms with Gasteiger partial charge in [-0.2, -0.15) is 5.11 Å². The lowest BCUT2D eigenvalue weighted by atomic mass is 9.80. The third-order valence-corrected chi connectivity index (χ3v) is 9.91. The number of hydrogen-bond acceptors (Lipinski definition) is 8. The number of hydrogen-bond donors (Lipinski definition) is 0. The van der Waals surface area contributed by atoms with Crippen molar-refractivity contribution in [2.75, 3.05) is 13.2 Å². The molecule has 0 spiro atoms. The van der Waals surface area contributed by atoms with Gasteiger partial charge in [0.15, 0.2) is 5.75 Å². The summed E-state index contributed by atoms with van der Waals surface area (Å²) in [5.74, 6) is 2.26. The van der Waals surface area contributed by atoms with Gasteiger partial charge in [-0.1, -0.05) is 84.5 Å². The molecule has 3 aromatic rings. The van der Waals surface area contributed by atoms with Crippen LogP contribution >= 0.6 is 0 Å². The Morgan fingerprint density at radius 1 is 0.654 bits per heavy atom. The quantitative estimate of drug-likeness (QED) is 0.0445. The van der Waals surface area contributed by atoms with E-state index in [0.29, 0.717) is 58.7 Å². The van der Waals surface area contributed by atoms with Crippen molar-refractivity contribution in [1.29, 1.82) is 0 Å². The molecule has 1 aliphatic rings. The van der Waals surface area contributed by atoms with Gasteiger partial charge in [0.25, 0.3) is 0 Å². The Kier molecular flexibility index (Phi) is 17.7. The maximum atomic E-state index is 13.0. The molecule has 0 bridgehead atoms. The average molecular weight is 713 g/mol. The second kappa shape index (κ2) is 22.7. The van der Waals surface area contributed by atoms with Crippen LogP contribution in [0.1, 0.15) is 139 Å². The maximum Gasteiger partial charge on any atom is 0.343 e. The smallest absolute Gasteiger partial charge is 0.343 e. The Morgan fingerprint density at radius 3 is 1.96 bits per heavy atom. The summed E-state index contributed by atoms with van der Waals surface area (Å²) in [4.78, 5) is 25.9. The first-order valence-corrected chi connectivity index (χ1v) is 19.9. The van der Waals surface area contributed by atoms with Crippen LogP contribution in [-0.2, 0) is 4.79 Å². The molecule has 0 heterocycles. The predicted molar refractivity (Wildman–Crippen MR) is 208 cm³/mol. The van der Waals surface area contributed by atoms with Gasteiger partial charge in [0, 0.05) is 5.56 Å². The molecule has 52 heavy (non-hydrogen) atoms. The van der Waals surface area contributed by atoms with Crippen molar-refractivity contribution >= 4 is 23.3 Å². The van der Waals surface area contributed by atoms with Crippen molar-refractivity contribution in [1.82, 2.24) is 0 Å². The first kappa shape index (κ1) is 40.6. The molecule has 0 amide bonds. The lowest BCUT2D eigenvalue weighted by Crippen LogP contribution is -2.25. The Balaban J connectivity index is 1.38. The van der Waals surface area contributed by atoms with Crippen LogP contribution in [0.3, 0.4) is 0 Å². The van der Waals surface area contributed by atoms with Crippen LogP contribution in [0.2, 0.25) is 0 Å². The molecular formula is C44H60N2O6. The zero-order chi connectivity index (χ0) is 37.0. The second-order valence-electron chi connectivity index (χ2n) is 14.0. The van der Waals surface area contributed by atoms with Crippen molar-refractivity contribution < 1.29 is 28.5 Å². The summed E-state index contributed by atoms with van der Waals surface area (Å²) < 4.78 is 23.4. The van der Waals surface area contributed by atoms with Gasteiger partial charge in [0.05, 0.1) is 30.4 Å². The van der Waals surface area contributed by atoms with Crippen LogP contribution in [-0.4, -0.2) is 25.2 Å². The van der Waals surface area contributed by atoms with Crippen molar-refractivity contribution in [3.05, 3.63) is 71.8 Å². The van der Waals surface area contributed by atoms with Gasteiger partial charge in [-0.3, -0.25) is 4.79 Å². The maximum absolute atomic E-state index is 13.0. The Morgan fingerprint density at radius 2 is 1.29 bits per heavy atom. The molecule has 4 rings (SSSR count). The van der Waals surface area contributed by atoms with Gasteiger partial charge in [-0.05, 0) is 113 Å². The number of carbonyl (C=O) groups is 2. The number of benzene rings is 3. The molecule has 0 aromatic heterocycles. The third kappa shape index (κ3) is 13.4. The van der Waals surface area contributed by atoms with Crippen LogP contribution in [0.25, 0.3) is 0 Å². The monoisotopic (exact) mass is 712 g/mol. The molecule has 0 unspecified atom stereocenters. The highest BCUT2D eigenvalue weighted by molar-refractivity contribution is 5.91. The summed E-state index contributed by atoms with van der Waals surface area (Å²) in [6, 6.07) is 17.5. The molecule has 0 atom stereocenters. The number of azo groups is 1. The third-order valence-electron chi connectivity index (χ3n) is 9.91. The molecule has 3 aromatic carbocycles. The highest BCUT2D eigenvalue weighted by atomic mass is 16.5. The lowest BCUT2D eigenvalue weighted by molar-refractivity contribution is -0.140. The van der Waals surface area contributed by atoms with Crippen LogP contribution in [0.5, 0.6) is 23.0 Å². The Labute approximate surface area is 311 Å². The predicted octanol–water partition coefficient (Wildman–Crippen LogP) is 12.8. The SMILES string of the molecule is CCCCCCCCCCOc1c(N=Nc2ccc(OC(=O)C3CCC(CCCCC)CC3)cc2)ccc(OC(=O)c2ccc(OCC)cc2)c1C. The van der Waals surface area contributed by atoms with E-state index in [1.807, 2.05) is 13.8 Å². The molecule has 1 saturated carbocycles. The minimum Gasteiger partial charge on any atom is -0.494 e. The van der Waals surface area contributed by atoms with Crippen molar-refractivity contribution in [2.24, 2.45) is 22.1 Å². The van der Waals surface area contributed by atoms with Crippen molar-refractivity contribution in [2.45, 2.75) is 130 Å². The molecule has 1 fully saturated rings. The molecule has 8 nitrogen and oxygen atoms in total. The average Bonchev–Trinajstić information content (AvgIpc) is 3.16. The van der Waals surface area contributed by atoms with E-state index < -0.39 is 5.97 Å². The van der Waals surface area contributed by atoms with Crippen LogP contribution in [0.15, 0.2) is 70.9 Å². The van der Waals surface area contributed by atoms with E-state index in [2.05, 4.69) is 24.1 Å². The van der Waals surface area contributed by atoms with Gasteiger partial charge < -0.3 is 18.9 Å². The van der Waals surface area contributed by atoms with Gasteiger partial charge in [-0.15, -0.1) is 5.11 Å². The van der Waals surface area contributed by atoms with Crippen molar-refractivity contribution in [3.63, 3.8) is 0 Å². The largest absolute Gasteiger partial charge is 0.494 e. The number of unbranched alkanes of at least 4 members (excludes halogenated alkanes) is 9. The van der Waals surface area contributed by atoms with E-state index in [4.69, 9.17) is 18.9 Å². The highest BCUT2D eigenvalue weighted by Gasteiger charge is 2.27. The van der Waals surface area contributed by atoms with Crippen LogP contribution in [0.4, 0.5) is 11.4 Å². The fourth-order valence-electron chi connectivity index (χ4n) is 6.72. The summed E-state index contributed by atoms with van der Waals surface area (Å²) in [7, 11) is 0. The number of carbonyl (C=O) groups excluding carboxylic acids is 2. The van der Waals surface area contributed by atoms with Gasteiger partial charge in [-0.25, -0.2) is 4.79 Å². The molecule has 282 valence electrons. The summed E-state index contributed by atoms with van der Waals surface area (Å²) in [6.07, 6.45) is 18.7. The molecule has 8 heteroatoms. The first-order chi connectivity index (χ1) is 25.4. The molecule has 0 aliphatic heterocycles. The van der Waals surface area contributed by atoms with Gasteiger partial charge in [0.1, 0.15) is 22.9 Å². The molecule has 0 radical (unpaired) electrons. The lowest BCUT2D eigenvalue weighted by Gasteiger charge is -2.27. The topological polar surface area (TPSA) is 95.8 Å². The summed E-state index contributed by atoms with van der Waals surface area (Å²) in [5, 5.41) is 9.00. The molecule has 0 N–H and O–H groups in total. The fourth-order valence-corrected chi connectivity index (χ4v) is 6.72. The zero-order valence-electron chi connectivity index (χ0n) is 32.0. The second-order valence-corrected chi connectivity index (χ2v) is 14.0. The molecular weight excluding hydrogens is 652 g/mol. The Hall–Kier alpha value is -4.20. The molecule has 0 saturated heterocycles. The van der Waals surface area contributed by atoms with Gasteiger partial charge in [0.2, 0.25) is 0 Å². The van der Waals surface area contributed by atoms with E-state index in [1.54, 1.807) is 60.7 Å². The number of rotatable bonds is 22. The number of nitrogens with zero attached hydrogens (tertiary/aromatic N) is 2.